The molecule has 0 spiro atoms. The Balaban J connectivity index is 2.00. The predicted octanol–water partition coefficient (Wildman–Crippen LogP) is 0.487. The Hall–Kier alpha value is -1.10. The average molecular weight is 227 g/mol. The second-order valence-corrected chi connectivity index (χ2v) is 4.51. The number of nitrogens with zero attached hydrogens (tertiary/aromatic N) is 1. The molecule has 0 aromatic carbocycles. The van der Waals surface area contributed by atoms with Crippen LogP contribution in [0.2, 0.25) is 0 Å². The minimum atomic E-state index is -0.810. The second kappa shape index (κ2) is 4.41. The van der Waals surface area contributed by atoms with Crippen LogP contribution in [-0.4, -0.2) is 47.2 Å². The normalized spacial score (nSPS) is 34.3. The Morgan fingerprint density at radius 3 is 2.62 bits per heavy atom. The Kier molecular flexibility index (Phi) is 3.14. The van der Waals surface area contributed by atoms with E-state index in [0.29, 0.717) is 19.6 Å². The van der Waals surface area contributed by atoms with Crippen molar-refractivity contribution in [1.29, 1.82) is 0 Å². The van der Waals surface area contributed by atoms with Gasteiger partial charge in [0.25, 0.3) is 5.91 Å². The molecule has 16 heavy (non-hydrogen) atoms. The van der Waals surface area contributed by atoms with Gasteiger partial charge in [0.2, 0.25) is 0 Å². The van der Waals surface area contributed by atoms with Gasteiger partial charge in [0, 0.05) is 19.2 Å². The Morgan fingerprint density at radius 2 is 2.12 bits per heavy atom. The molecule has 3 atom stereocenters. The number of ether oxygens (including phenoxy) is 1. The predicted molar refractivity (Wildman–Crippen MR) is 55.9 cm³/mol. The molecule has 2 rings (SSSR count). The van der Waals surface area contributed by atoms with E-state index in [1.165, 1.54) is 0 Å². The summed E-state index contributed by atoms with van der Waals surface area (Å²) in [5.41, 5.74) is 0. The van der Waals surface area contributed by atoms with Crippen LogP contribution in [0.1, 0.15) is 26.2 Å². The van der Waals surface area contributed by atoms with Crippen molar-refractivity contribution in [3.63, 3.8) is 0 Å². The number of carboxylic acid groups (broad SMARTS) is 1. The van der Waals surface area contributed by atoms with Gasteiger partial charge in [-0.25, -0.2) is 0 Å². The number of aliphatic carboxylic acids is 1. The van der Waals surface area contributed by atoms with Crippen LogP contribution in [0.15, 0.2) is 0 Å². The number of likely N-dealkylation sites (tertiary alicyclic amines) is 1. The molecule has 0 aromatic rings. The molecule has 1 amide bonds. The van der Waals surface area contributed by atoms with Crippen molar-refractivity contribution in [3.8, 4) is 0 Å². The van der Waals surface area contributed by atoms with Gasteiger partial charge in [-0.2, -0.15) is 0 Å². The number of amides is 1. The molecular weight excluding hydrogens is 210 g/mol. The van der Waals surface area contributed by atoms with Crippen LogP contribution in [0.25, 0.3) is 0 Å². The lowest BCUT2D eigenvalue weighted by Crippen LogP contribution is -2.43. The quantitative estimate of drug-likeness (QED) is 0.745. The van der Waals surface area contributed by atoms with E-state index < -0.39 is 11.9 Å². The van der Waals surface area contributed by atoms with E-state index in [-0.39, 0.29) is 18.1 Å². The van der Waals surface area contributed by atoms with Gasteiger partial charge in [-0.1, -0.05) is 0 Å². The van der Waals surface area contributed by atoms with Crippen LogP contribution in [0.4, 0.5) is 0 Å². The molecule has 0 saturated carbocycles. The largest absolute Gasteiger partial charge is 0.481 e. The molecule has 2 fully saturated rings. The van der Waals surface area contributed by atoms with E-state index in [9.17, 15) is 9.59 Å². The molecule has 0 aliphatic carbocycles. The number of carbonyl (C=O) groups is 2. The van der Waals surface area contributed by atoms with Gasteiger partial charge in [0.1, 0.15) is 6.10 Å². The van der Waals surface area contributed by atoms with E-state index in [1.54, 1.807) is 11.8 Å². The van der Waals surface area contributed by atoms with E-state index >= 15 is 0 Å². The maximum Gasteiger partial charge on any atom is 0.308 e. The van der Waals surface area contributed by atoms with Crippen LogP contribution in [0.5, 0.6) is 0 Å². The smallest absolute Gasteiger partial charge is 0.308 e. The van der Waals surface area contributed by atoms with Crippen LogP contribution >= 0.6 is 0 Å². The van der Waals surface area contributed by atoms with E-state index in [1.807, 2.05) is 0 Å². The minimum Gasteiger partial charge on any atom is -0.481 e. The number of hydrogen-bond acceptors (Lipinski definition) is 3. The molecule has 0 radical (unpaired) electrons. The van der Waals surface area contributed by atoms with Crippen molar-refractivity contribution in [3.05, 3.63) is 0 Å². The first kappa shape index (κ1) is 11.4. The zero-order valence-electron chi connectivity index (χ0n) is 9.39. The topological polar surface area (TPSA) is 66.8 Å². The molecular formula is C11H17NO4. The van der Waals surface area contributed by atoms with Crippen molar-refractivity contribution < 1.29 is 19.4 Å². The fraction of sp³-hybridized carbons (Fsp3) is 0.818. The lowest BCUT2D eigenvalue weighted by atomic mass is 10.0. The van der Waals surface area contributed by atoms with Crippen molar-refractivity contribution in [2.45, 2.75) is 38.3 Å². The molecule has 2 heterocycles. The number of rotatable bonds is 2. The number of carboxylic acids is 1. The van der Waals surface area contributed by atoms with Crippen molar-refractivity contribution >= 4 is 11.9 Å². The van der Waals surface area contributed by atoms with Gasteiger partial charge in [-0.05, 0) is 26.2 Å². The molecule has 2 aliphatic heterocycles. The molecule has 5 heteroatoms. The first-order chi connectivity index (χ1) is 7.61. The van der Waals surface area contributed by atoms with Crippen molar-refractivity contribution in [2.24, 2.45) is 5.92 Å². The highest BCUT2D eigenvalue weighted by molar-refractivity contribution is 5.83. The molecule has 90 valence electrons. The Morgan fingerprint density at radius 1 is 1.38 bits per heavy atom. The third kappa shape index (κ3) is 1.91. The summed E-state index contributed by atoms with van der Waals surface area (Å²) < 4.78 is 5.33. The minimum absolute atomic E-state index is 0.0336. The summed E-state index contributed by atoms with van der Waals surface area (Å²) in [6, 6.07) is -0.214. The zero-order valence-corrected chi connectivity index (χ0v) is 9.39. The standard InChI is InChI=1S/C11H17NO4/c1-7-8(11(14)15)4-5-12(7)10(13)9-3-2-6-16-9/h7-9H,2-6H2,1H3,(H,14,15). The van der Waals surface area contributed by atoms with Gasteiger partial charge in [-0.3, -0.25) is 9.59 Å². The van der Waals surface area contributed by atoms with E-state index in [4.69, 9.17) is 9.84 Å². The monoisotopic (exact) mass is 227 g/mol. The summed E-state index contributed by atoms with van der Waals surface area (Å²) in [7, 11) is 0. The summed E-state index contributed by atoms with van der Waals surface area (Å²) in [5.74, 6) is -1.27. The van der Waals surface area contributed by atoms with Gasteiger partial charge in [-0.15, -0.1) is 0 Å². The average Bonchev–Trinajstić information content (AvgIpc) is 2.84. The van der Waals surface area contributed by atoms with Crippen LogP contribution in [-0.2, 0) is 14.3 Å². The molecule has 3 unspecified atom stereocenters. The number of carbonyl (C=O) groups excluding carboxylic acids is 1. The first-order valence-electron chi connectivity index (χ1n) is 5.76. The van der Waals surface area contributed by atoms with E-state index in [2.05, 4.69) is 0 Å². The van der Waals surface area contributed by atoms with Gasteiger partial charge < -0.3 is 14.7 Å². The fourth-order valence-corrected chi connectivity index (χ4v) is 2.54. The van der Waals surface area contributed by atoms with Crippen LogP contribution in [0, 0.1) is 5.92 Å². The highest BCUT2D eigenvalue weighted by Crippen LogP contribution is 2.27. The van der Waals surface area contributed by atoms with Gasteiger partial charge >= 0.3 is 5.97 Å². The first-order valence-corrected chi connectivity index (χ1v) is 5.76. The second-order valence-electron chi connectivity index (χ2n) is 4.51. The van der Waals surface area contributed by atoms with Crippen molar-refractivity contribution in [1.82, 2.24) is 4.90 Å². The van der Waals surface area contributed by atoms with Crippen LogP contribution in [0.3, 0.4) is 0 Å². The summed E-state index contributed by atoms with van der Waals surface area (Å²) in [5, 5.41) is 8.98. The summed E-state index contributed by atoms with van der Waals surface area (Å²) in [6.45, 7) is 2.98. The third-order valence-electron chi connectivity index (χ3n) is 3.56. The molecule has 0 bridgehead atoms. The SMILES string of the molecule is CC1C(C(=O)O)CCN1C(=O)C1CCCO1. The van der Waals surface area contributed by atoms with Gasteiger partial charge in [0.15, 0.2) is 0 Å². The zero-order chi connectivity index (χ0) is 11.7. The highest BCUT2D eigenvalue weighted by Gasteiger charge is 2.40. The fourth-order valence-electron chi connectivity index (χ4n) is 2.54. The third-order valence-corrected chi connectivity index (χ3v) is 3.56. The Labute approximate surface area is 94.4 Å². The molecule has 5 nitrogen and oxygen atoms in total. The Bertz CT molecular complexity index is 298. The highest BCUT2D eigenvalue weighted by atomic mass is 16.5. The molecule has 0 aromatic heterocycles. The maximum atomic E-state index is 12.0. The molecule has 1 N–H and O–H groups in total. The summed E-state index contributed by atoms with van der Waals surface area (Å²) in [4.78, 5) is 24.6. The van der Waals surface area contributed by atoms with E-state index in [0.717, 1.165) is 12.8 Å². The maximum absolute atomic E-state index is 12.0. The summed E-state index contributed by atoms with van der Waals surface area (Å²) >= 11 is 0. The summed E-state index contributed by atoms with van der Waals surface area (Å²) in [6.07, 6.45) is 1.89. The van der Waals surface area contributed by atoms with Crippen molar-refractivity contribution in [2.75, 3.05) is 13.2 Å². The lowest BCUT2D eigenvalue weighted by Gasteiger charge is -2.25. The molecule has 2 aliphatic rings. The number of hydrogen-bond donors (Lipinski definition) is 1. The lowest BCUT2D eigenvalue weighted by molar-refractivity contribution is -0.145. The van der Waals surface area contributed by atoms with Crippen LogP contribution < -0.4 is 0 Å². The van der Waals surface area contributed by atoms with Gasteiger partial charge in [0.05, 0.1) is 5.92 Å². The molecule has 2 saturated heterocycles.